The van der Waals surface area contributed by atoms with E-state index in [4.69, 9.17) is 0 Å². The van der Waals surface area contributed by atoms with Crippen LogP contribution >= 0.6 is 0 Å². The number of aromatic nitrogens is 2. The Morgan fingerprint density at radius 3 is 2.53 bits per heavy atom. The van der Waals surface area contributed by atoms with Gasteiger partial charge >= 0.3 is 0 Å². The molecule has 0 fully saturated rings. The summed E-state index contributed by atoms with van der Waals surface area (Å²) in [5, 5.41) is 9.51. The maximum absolute atomic E-state index is 12.1. The quantitative estimate of drug-likeness (QED) is 0.894. The molecule has 0 radical (unpaired) electrons. The molecule has 1 aromatic heterocycles. The Morgan fingerprint density at radius 1 is 1.32 bits per heavy atom. The standard InChI is InChI=1S/C12H15N3O3S/c1-8-4-5-10(6-11(8)16)14-19(17,18)12-7-15(3)9(2)13-12/h4-7,14,16H,1-3H3. The summed E-state index contributed by atoms with van der Waals surface area (Å²) in [5.41, 5.74) is 0.975. The first-order valence-electron chi connectivity index (χ1n) is 5.62. The zero-order chi connectivity index (χ0) is 14.2. The summed E-state index contributed by atoms with van der Waals surface area (Å²) in [5.74, 6) is 0.643. The average Bonchev–Trinajstić information content (AvgIpc) is 2.65. The lowest BCUT2D eigenvalue weighted by Crippen LogP contribution is -2.13. The maximum Gasteiger partial charge on any atom is 0.280 e. The molecule has 0 aliphatic carbocycles. The number of hydrogen-bond acceptors (Lipinski definition) is 4. The average molecular weight is 281 g/mol. The van der Waals surface area contributed by atoms with Crippen LogP contribution in [0.1, 0.15) is 11.4 Å². The third-order valence-corrected chi connectivity index (χ3v) is 4.07. The van der Waals surface area contributed by atoms with Crippen molar-refractivity contribution in [3.63, 3.8) is 0 Å². The van der Waals surface area contributed by atoms with Gasteiger partial charge in [0.2, 0.25) is 0 Å². The number of aromatic hydroxyl groups is 1. The third-order valence-electron chi connectivity index (χ3n) is 2.82. The molecule has 1 aromatic carbocycles. The van der Waals surface area contributed by atoms with Crippen LogP contribution in [0, 0.1) is 13.8 Å². The van der Waals surface area contributed by atoms with Gasteiger partial charge in [-0.25, -0.2) is 4.98 Å². The molecule has 0 bridgehead atoms. The van der Waals surface area contributed by atoms with Crippen molar-refractivity contribution in [2.24, 2.45) is 7.05 Å². The number of anilines is 1. The lowest BCUT2D eigenvalue weighted by atomic mass is 10.2. The summed E-state index contributed by atoms with van der Waals surface area (Å²) in [6.45, 7) is 3.45. The van der Waals surface area contributed by atoms with E-state index < -0.39 is 10.0 Å². The largest absolute Gasteiger partial charge is 0.508 e. The molecule has 1 heterocycles. The van der Waals surface area contributed by atoms with Gasteiger partial charge in [-0.1, -0.05) is 6.07 Å². The van der Waals surface area contributed by atoms with Crippen LogP contribution in [0.5, 0.6) is 5.75 Å². The van der Waals surface area contributed by atoms with Crippen LogP contribution in [0.15, 0.2) is 29.4 Å². The van der Waals surface area contributed by atoms with Gasteiger partial charge in [0.15, 0.2) is 5.03 Å². The fraction of sp³-hybridized carbons (Fsp3) is 0.250. The first-order valence-corrected chi connectivity index (χ1v) is 7.10. The summed E-state index contributed by atoms with van der Waals surface area (Å²) in [7, 11) is -2.02. The normalized spacial score (nSPS) is 11.5. The minimum Gasteiger partial charge on any atom is -0.508 e. The van der Waals surface area contributed by atoms with E-state index >= 15 is 0 Å². The third kappa shape index (κ3) is 2.70. The number of phenols is 1. The number of sulfonamides is 1. The monoisotopic (exact) mass is 281 g/mol. The van der Waals surface area contributed by atoms with Crippen LogP contribution in [0.2, 0.25) is 0 Å². The van der Waals surface area contributed by atoms with Gasteiger partial charge in [0.05, 0.1) is 5.69 Å². The van der Waals surface area contributed by atoms with Crippen molar-refractivity contribution in [2.45, 2.75) is 18.9 Å². The minimum atomic E-state index is -3.74. The number of rotatable bonds is 3. The van der Waals surface area contributed by atoms with Gasteiger partial charge < -0.3 is 9.67 Å². The second-order valence-corrected chi connectivity index (χ2v) is 5.97. The highest BCUT2D eigenvalue weighted by Gasteiger charge is 2.18. The van der Waals surface area contributed by atoms with E-state index in [0.29, 0.717) is 17.1 Å². The summed E-state index contributed by atoms with van der Waals surface area (Å²) in [4.78, 5) is 3.97. The van der Waals surface area contributed by atoms with E-state index in [-0.39, 0.29) is 10.8 Å². The van der Waals surface area contributed by atoms with Crippen molar-refractivity contribution in [1.82, 2.24) is 9.55 Å². The fourth-order valence-corrected chi connectivity index (χ4v) is 2.63. The van der Waals surface area contributed by atoms with Crippen molar-refractivity contribution < 1.29 is 13.5 Å². The molecule has 0 aliphatic heterocycles. The van der Waals surface area contributed by atoms with Crippen molar-refractivity contribution >= 4 is 15.7 Å². The SMILES string of the molecule is Cc1ccc(NS(=O)(=O)c2cn(C)c(C)n2)cc1O. The molecule has 0 aliphatic rings. The van der Waals surface area contributed by atoms with Crippen LogP contribution in [-0.2, 0) is 17.1 Å². The van der Waals surface area contributed by atoms with Crippen LogP contribution in [0.3, 0.4) is 0 Å². The number of aryl methyl sites for hydroxylation is 3. The van der Waals surface area contributed by atoms with Gasteiger partial charge in [0, 0.05) is 19.3 Å². The van der Waals surface area contributed by atoms with Crippen LogP contribution in [-0.4, -0.2) is 23.1 Å². The fourth-order valence-electron chi connectivity index (χ4n) is 1.54. The first-order chi connectivity index (χ1) is 8.79. The van der Waals surface area contributed by atoms with E-state index in [1.54, 1.807) is 37.6 Å². The zero-order valence-corrected chi connectivity index (χ0v) is 11.7. The predicted octanol–water partition coefficient (Wildman–Crippen LogP) is 1.54. The Labute approximate surface area is 111 Å². The topological polar surface area (TPSA) is 84.2 Å². The molecule has 0 amide bonds. The van der Waals surface area contributed by atoms with E-state index in [9.17, 15) is 13.5 Å². The van der Waals surface area contributed by atoms with Gasteiger partial charge in [0.1, 0.15) is 11.6 Å². The second kappa shape index (κ2) is 4.58. The van der Waals surface area contributed by atoms with Gasteiger partial charge in [-0.05, 0) is 25.5 Å². The van der Waals surface area contributed by atoms with E-state index in [1.165, 1.54) is 12.3 Å². The number of nitrogens with one attached hydrogen (secondary N) is 1. The van der Waals surface area contributed by atoms with E-state index in [2.05, 4.69) is 9.71 Å². The smallest absolute Gasteiger partial charge is 0.280 e. The molecule has 0 unspecified atom stereocenters. The van der Waals surface area contributed by atoms with E-state index in [1.807, 2.05) is 0 Å². The van der Waals surface area contributed by atoms with Crippen LogP contribution in [0.25, 0.3) is 0 Å². The van der Waals surface area contributed by atoms with Gasteiger partial charge in [0.25, 0.3) is 10.0 Å². The van der Waals surface area contributed by atoms with Crippen LogP contribution < -0.4 is 4.72 Å². The Hall–Kier alpha value is -2.02. The molecule has 19 heavy (non-hydrogen) atoms. The zero-order valence-electron chi connectivity index (χ0n) is 10.9. The summed E-state index contributed by atoms with van der Waals surface area (Å²) in [6.07, 6.45) is 1.44. The number of imidazole rings is 1. The molecule has 0 atom stereocenters. The second-order valence-electron chi connectivity index (χ2n) is 4.34. The lowest BCUT2D eigenvalue weighted by molar-refractivity contribution is 0.471. The highest BCUT2D eigenvalue weighted by Crippen LogP contribution is 2.23. The Balaban J connectivity index is 2.33. The number of phenolic OH excluding ortho intramolecular Hbond substituents is 1. The number of benzene rings is 1. The molecule has 2 N–H and O–H groups in total. The predicted molar refractivity (Wildman–Crippen MR) is 71.6 cm³/mol. The highest BCUT2D eigenvalue weighted by molar-refractivity contribution is 7.92. The molecular weight excluding hydrogens is 266 g/mol. The van der Waals surface area contributed by atoms with Gasteiger partial charge in [-0.2, -0.15) is 8.42 Å². The first kappa shape index (κ1) is 13.4. The summed E-state index contributed by atoms with van der Waals surface area (Å²) >= 11 is 0. The van der Waals surface area contributed by atoms with Crippen LogP contribution in [0.4, 0.5) is 5.69 Å². The molecule has 2 rings (SSSR count). The minimum absolute atomic E-state index is 0.0393. The molecule has 0 saturated carbocycles. The van der Waals surface area contributed by atoms with Crippen molar-refractivity contribution in [3.05, 3.63) is 35.8 Å². The number of nitrogens with zero attached hydrogens (tertiary/aromatic N) is 2. The molecule has 102 valence electrons. The molecule has 7 heteroatoms. The molecule has 6 nitrogen and oxygen atoms in total. The van der Waals surface area contributed by atoms with E-state index in [0.717, 1.165) is 0 Å². The Kier molecular flexibility index (Phi) is 3.23. The van der Waals surface area contributed by atoms with Crippen molar-refractivity contribution in [1.29, 1.82) is 0 Å². The molecule has 0 spiro atoms. The molecular formula is C12H15N3O3S. The number of hydrogen-bond donors (Lipinski definition) is 2. The highest BCUT2D eigenvalue weighted by atomic mass is 32.2. The Morgan fingerprint density at radius 2 is 2.00 bits per heavy atom. The van der Waals surface area contributed by atoms with Gasteiger partial charge in [-0.3, -0.25) is 4.72 Å². The summed E-state index contributed by atoms with van der Waals surface area (Å²) < 4.78 is 28.2. The lowest BCUT2D eigenvalue weighted by Gasteiger charge is -2.07. The van der Waals surface area contributed by atoms with Crippen molar-refractivity contribution in [3.8, 4) is 5.75 Å². The van der Waals surface area contributed by atoms with Crippen molar-refractivity contribution in [2.75, 3.05) is 4.72 Å². The Bertz CT molecular complexity index is 700. The summed E-state index contributed by atoms with van der Waals surface area (Å²) in [6, 6.07) is 4.59. The maximum atomic E-state index is 12.1. The molecule has 2 aromatic rings. The van der Waals surface area contributed by atoms with Gasteiger partial charge in [-0.15, -0.1) is 0 Å². The molecule has 0 saturated heterocycles.